The molecule has 0 radical (unpaired) electrons. The van der Waals surface area contributed by atoms with E-state index in [1.165, 1.54) is 5.56 Å². The Morgan fingerprint density at radius 2 is 1.82 bits per heavy atom. The molecule has 2 aromatic rings. The summed E-state index contributed by atoms with van der Waals surface area (Å²) in [4.78, 5) is 15.7. The molecule has 33 heavy (non-hydrogen) atoms. The van der Waals surface area contributed by atoms with Gasteiger partial charge in [-0.3, -0.25) is 4.79 Å². The smallest absolute Gasteiger partial charge is 0.254 e. The SMILES string of the molecule is COCCCCc1cc(C(=O)N(C[C@H]2CNC[C@@H]2Cc2ccccc2)C(C)C)ccc1OC. The van der Waals surface area contributed by atoms with Crippen LogP contribution >= 0.6 is 0 Å². The lowest BCUT2D eigenvalue weighted by Gasteiger charge is -2.32. The van der Waals surface area contributed by atoms with E-state index in [-0.39, 0.29) is 11.9 Å². The van der Waals surface area contributed by atoms with Crippen molar-refractivity contribution in [2.75, 3.05) is 40.5 Å². The van der Waals surface area contributed by atoms with Gasteiger partial charge in [0.2, 0.25) is 0 Å². The Labute approximate surface area is 199 Å². The van der Waals surface area contributed by atoms with E-state index in [1.807, 2.05) is 23.1 Å². The number of amides is 1. The van der Waals surface area contributed by atoms with Crippen molar-refractivity contribution < 1.29 is 14.3 Å². The number of nitrogens with one attached hydrogen (secondary N) is 1. The van der Waals surface area contributed by atoms with Gasteiger partial charge in [-0.2, -0.15) is 0 Å². The highest BCUT2D eigenvalue weighted by atomic mass is 16.5. The highest BCUT2D eigenvalue weighted by Gasteiger charge is 2.31. The standard InChI is InChI=1S/C28H40N2O3/c1-21(2)30(20-26-19-29-18-25(26)16-22-10-6-5-7-11-22)28(31)24-13-14-27(33-4)23(17-24)12-8-9-15-32-3/h5-7,10-11,13-14,17,21,25-26,29H,8-9,12,15-16,18-20H2,1-4H3/t25-,26+/m0/s1. The molecule has 5 heteroatoms. The van der Waals surface area contributed by atoms with Gasteiger partial charge in [0.05, 0.1) is 7.11 Å². The van der Waals surface area contributed by atoms with Gasteiger partial charge in [-0.25, -0.2) is 0 Å². The molecule has 1 heterocycles. The van der Waals surface area contributed by atoms with Crippen molar-refractivity contribution in [3.63, 3.8) is 0 Å². The fraction of sp³-hybridized carbons (Fsp3) is 0.536. The van der Waals surface area contributed by atoms with Crippen LogP contribution in [0.1, 0.15) is 48.2 Å². The summed E-state index contributed by atoms with van der Waals surface area (Å²) in [5.74, 6) is 1.94. The van der Waals surface area contributed by atoms with Crippen LogP contribution in [-0.4, -0.2) is 57.3 Å². The van der Waals surface area contributed by atoms with Gasteiger partial charge in [-0.05, 0) is 93.8 Å². The minimum atomic E-state index is 0.108. The Morgan fingerprint density at radius 1 is 1.06 bits per heavy atom. The molecule has 1 fully saturated rings. The molecule has 1 saturated heterocycles. The molecule has 0 aromatic heterocycles. The molecular weight excluding hydrogens is 412 g/mol. The van der Waals surface area contributed by atoms with Crippen molar-refractivity contribution in [1.82, 2.24) is 10.2 Å². The second-order valence-electron chi connectivity index (χ2n) is 9.40. The Bertz CT molecular complexity index is 869. The van der Waals surface area contributed by atoms with E-state index in [1.54, 1.807) is 14.2 Å². The highest BCUT2D eigenvalue weighted by molar-refractivity contribution is 5.94. The number of rotatable bonds is 12. The second-order valence-corrected chi connectivity index (χ2v) is 9.40. The van der Waals surface area contributed by atoms with Gasteiger partial charge < -0.3 is 19.7 Å². The third-order valence-corrected chi connectivity index (χ3v) is 6.71. The molecule has 3 rings (SSSR count). The van der Waals surface area contributed by atoms with Crippen LogP contribution in [0.15, 0.2) is 48.5 Å². The predicted molar refractivity (Wildman–Crippen MR) is 134 cm³/mol. The summed E-state index contributed by atoms with van der Waals surface area (Å²) < 4.78 is 10.7. The van der Waals surface area contributed by atoms with E-state index in [0.29, 0.717) is 11.8 Å². The largest absolute Gasteiger partial charge is 0.496 e. The molecule has 1 N–H and O–H groups in total. The van der Waals surface area contributed by atoms with Gasteiger partial charge in [0.1, 0.15) is 5.75 Å². The van der Waals surface area contributed by atoms with E-state index in [4.69, 9.17) is 9.47 Å². The summed E-state index contributed by atoms with van der Waals surface area (Å²) >= 11 is 0. The first-order valence-electron chi connectivity index (χ1n) is 12.2. The van der Waals surface area contributed by atoms with E-state index in [2.05, 4.69) is 49.5 Å². The van der Waals surface area contributed by atoms with Crippen LogP contribution < -0.4 is 10.1 Å². The third-order valence-electron chi connectivity index (χ3n) is 6.71. The van der Waals surface area contributed by atoms with Crippen LogP contribution in [0.4, 0.5) is 0 Å². The number of methoxy groups -OCH3 is 2. The first-order valence-corrected chi connectivity index (χ1v) is 12.2. The summed E-state index contributed by atoms with van der Waals surface area (Å²) in [6.07, 6.45) is 3.92. The zero-order valence-electron chi connectivity index (χ0n) is 20.7. The average molecular weight is 453 g/mol. The lowest BCUT2D eigenvalue weighted by atomic mass is 9.89. The van der Waals surface area contributed by atoms with E-state index in [0.717, 1.165) is 68.8 Å². The van der Waals surface area contributed by atoms with Crippen LogP contribution in [-0.2, 0) is 17.6 Å². The minimum absolute atomic E-state index is 0.108. The van der Waals surface area contributed by atoms with Gasteiger partial charge in [0.15, 0.2) is 0 Å². The van der Waals surface area contributed by atoms with Gasteiger partial charge in [-0.1, -0.05) is 30.3 Å². The van der Waals surface area contributed by atoms with E-state index < -0.39 is 0 Å². The van der Waals surface area contributed by atoms with Gasteiger partial charge in [-0.15, -0.1) is 0 Å². The fourth-order valence-electron chi connectivity index (χ4n) is 4.77. The molecule has 0 unspecified atom stereocenters. The number of aryl methyl sites for hydroxylation is 1. The first kappa shape index (κ1) is 25.3. The summed E-state index contributed by atoms with van der Waals surface area (Å²) in [5.41, 5.74) is 3.20. The normalized spacial score (nSPS) is 18.0. The molecule has 0 bridgehead atoms. The molecular formula is C28H40N2O3. The molecule has 5 nitrogen and oxygen atoms in total. The Hall–Kier alpha value is -2.37. The number of carbonyl (C=O) groups is 1. The molecule has 0 spiro atoms. The van der Waals surface area contributed by atoms with Crippen LogP contribution in [0.3, 0.4) is 0 Å². The number of benzene rings is 2. The molecule has 1 amide bonds. The van der Waals surface area contributed by atoms with Crippen molar-refractivity contribution in [3.8, 4) is 5.75 Å². The van der Waals surface area contributed by atoms with Crippen LogP contribution in [0, 0.1) is 11.8 Å². The maximum atomic E-state index is 13.6. The van der Waals surface area contributed by atoms with Crippen molar-refractivity contribution in [2.24, 2.45) is 11.8 Å². The molecule has 2 atom stereocenters. The number of hydrogen-bond acceptors (Lipinski definition) is 4. The summed E-state index contributed by atoms with van der Waals surface area (Å²) in [7, 11) is 3.42. The van der Waals surface area contributed by atoms with E-state index in [9.17, 15) is 4.79 Å². The van der Waals surface area contributed by atoms with Gasteiger partial charge >= 0.3 is 0 Å². The lowest BCUT2D eigenvalue weighted by molar-refractivity contribution is 0.0662. The summed E-state index contributed by atoms with van der Waals surface area (Å²) in [6.45, 7) is 7.72. The number of ether oxygens (including phenoxy) is 2. The molecule has 2 aromatic carbocycles. The Balaban J connectivity index is 1.71. The average Bonchev–Trinajstić information content (AvgIpc) is 3.26. The van der Waals surface area contributed by atoms with Gasteiger partial charge in [0.25, 0.3) is 5.91 Å². The lowest BCUT2D eigenvalue weighted by Crippen LogP contribution is -2.42. The third kappa shape index (κ3) is 7.05. The van der Waals surface area contributed by atoms with E-state index >= 15 is 0 Å². The fourth-order valence-corrected chi connectivity index (χ4v) is 4.77. The molecule has 0 aliphatic carbocycles. The molecule has 0 saturated carbocycles. The summed E-state index contributed by atoms with van der Waals surface area (Å²) in [5, 5.41) is 3.56. The van der Waals surface area contributed by atoms with Crippen molar-refractivity contribution in [1.29, 1.82) is 0 Å². The molecule has 1 aliphatic rings. The Kier molecular flexibility index (Phi) is 9.76. The Morgan fingerprint density at radius 3 is 2.52 bits per heavy atom. The minimum Gasteiger partial charge on any atom is -0.496 e. The monoisotopic (exact) mass is 452 g/mol. The van der Waals surface area contributed by atoms with Crippen molar-refractivity contribution >= 4 is 5.91 Å². The predicted octanol–water partition coefficient (Wildman–Crippen LogP) is 4.59. The second kappa shape index (κ2) is 12.8. The van der Waals surface area contributed by atoms with Crippen molar-refractivity contribution in [2.45, 2.75) is 45.6 Å². The van der Waals surface area contributed by atoms with Crippen LogP contribution in [0.5, 0.6) is 5.75 Å². The number of unbranched alkanes of at least 4 members (excludes halogenated alkanes) is 1. The quantitative estimate of drug-likeness (QED) is 0.479. The zero-order valence-corrected chi connectivity index (χ0v) is 20.7. The van der Waals surface area contributed by atoms with Crippen molar-refractivity contribution in [3.05, 3.63) is 65.2 Å². The number of carbonyl (C=O) groups excluding carboxylic acids is 1. The molecule has 180 valence electrons. The zero-order chi connectivity index (χ0) is 23.6. The maximum Gasteiger partial charge on any atom is 0.254 e. The highest BCUT2D eigenvalue weighted by Crippen LogP contribution is 2.26. The summed E-state index contributed by atoms with van der Waals surface area (Å²) in [6, 6.07) is 16.7. The number of nitrogens with zero attached hydrogens (tertiary/aromatic N) is 1. The number of hydrogen-bond donors (Lipinski definition) is 1. The van der Waals surface area contributed by atoms with Gasteiger partial charge in [0, 0.05) is 31.9 Å². The topological polar surface area (TPSA) is 50.8 Å². The maximum absolute atomic E-state index is 13.6. The van der Waals surface area contributed by atoms with Crippen LogP contribution in [0.2, 0.25) is 0 Å². The first-order chi connectivity index (χ1) is 16.0. The molecule has 1 aliphatic heterocycles. The van der Waals surface area contributed by atoms with Crippen LogP contribution in [0.25, 0.3) is 0 Å².